The van der Waals surface area contributed by atoms with Crippen molar-refractivity contribution in [2.45, 2.75) is 24.8 Å². The van der Waals surface area contributed by atoms with Crippen LogP contribution >= 0.6 is 0 Å². The van der Waals surface area contributed by atoms with E-state index >= 15 is 0 Å². The third-order valence-electron chi connectivity index (χ3n) is 2.86. The summed E-state index contributed by atoms with van der Waals surface area (Å²) in [4.78, 5) is 0.130. The maximum atomic E-state index is 12.4. The van der Waals surface area contributed by atoms with Crippen LogP contribution in [0.4, 0.5) is 0 Å². The molecule has 1 aliphatic heterocycles. The highest BCUT2D eigenvalue weighted by Gasteiger charge is 2.32. The lowest BCUT2D eigenvalue weighted by molar-refractivity contribution is 0.410. The molecule has 19 heavy (non-hydrogen) atoms. The van der Waals surface area contributed by atoms with Crippen LogP contribution in [0.3, 0.4) is 0 Å². The maximum Gasteiger partial charge on any atom is 0.280 e. The fraction of sp³-hybridized carbons (Fsp3) is 0.231. The van der Waals surface area contributed by atoms with Crippen LogP contribution in [0.15, 0.2) is 45.9 Å². The number of rotatable bonds is 2. The van der Waals surface area contributed by atoms with Gasteiger partial charge < -0.3 is 0 Å². The van der Waals surface area contributed by atoms with Crippen molar-refractivity contribution < 1.29 is 8.42 Å². The zero-order valence-electron chi connectivity index (χ0n) is 10.6. The van der Waals surface area contributed by atoms with Gasteiger partial charge in [-0.05, 0) is 37.6 Å². The van der Waals surface area contributed by atoms with Crippen molar-refractivity contribution in [1.82, 2.24) is 4.41 Å². The number of hydrazone groups is 1. The monoisotopic (exact) mass is 275 g/mol. The summed E-state index contributed by atoms with van der Waals surface area (Å²) in [5.41, 5.74) is 1.61. The molecule has 0 amide bonds. The van der Waals surface area contributed by atoms with Crippen LogP contribution < -0.4 is 0 Å². The maximum absolute atomic E-state index is 12.4. The predicted molar refractivity (Wildman–Crippen MR) is 71.9 cm³/mol. The SMILES string of the molecule is CC1=CC=NN(S(=O)(=O)c2ccc(C)cc2)C1C#N. The second-order valence-corrected chi connectivity index (χ2v) is 6.09. The van der Waals surface area contributed by atoms with Crippen LogP contribution in [0, 0.1) is 18.3 Å². The number of hydrogen-bond acceptors (Lipinski definition) is 4. The van der Waals surface area contributed by atoms with E-state index in [9.17, 15) is 8.42 Å². The van der Waals surface area contributed by atoms with Gasteiger partial charge in [-0.1, -0.05) is 17.7 Å². The van der Waals surface area contributed by atoms with Gasteiger partial charge in [0, 0.05) is 6.21 Å². The minimum Gasteiger partial charge on any atom is -0.200 e. The normalized spacial score (nSPS) is 18.9. The molecule has 6 heteroatoms. The van der Waals surface area contributed by atoms with Crippen molar-refractivity contribution in [2.24, 2.45) is 5.10 Å². The first-order valence-corrected chi connectivity index (χ1v) is 7.12. The summed E-state index contributed by atoms with van der Waals surface area (Å²) in [5.74, 6) is 0. The minimum atomic E-state index is -3.80. The Hall–Kier alpha value is -2.13. The van der Waals surface area contributed by atoms with Gasteiger partial charge in [0.25, 0.3) is 10.0 Å². The fourth-order valence-corrected chi connectivity index (χ4v) is 3.08. The van der Waals surface area contributed by atoms with Crippen molar-refractivity contribution in [3.05, 3.63) is 41.5 Å². The van der Waals surface area contributed by atoms with E-state index in [2.05, 4.69) is 5.10 Å². The molecular formula is C13H13N3O2S. The molecule has 1 aromatic rings. The van der Waals surface area contributed by atoms with Crippen molar-refractivity contribution >= 4 is 16.2 Å². The van der Waals surface area contributed by atoms with E-state index < -0.39 is 16.1 Å². The van der Waals surface area contributed by atoms with E-state index in [1.807, 2.05) is 13.0 Å². The summed E-state index contributed by atoms with van der Waals surface area (Å²) in [6.45, 7) is 3.58. The van der Waals surface area contributed by atoms with Crippen molar-refractivity contribution in [1.29, 1.82) is 5.26 Å². The number of hydrogen-bond donors (Lipinski definition) is 0. The molecule has 0 aromatic heterocycles. The Morgan fingerprint density at radius 1 is 1.26 bits per heavy atom. The minimum absolute atomic E-state index is 0.130. The lowest BCUT2D eigenvalue weighted by Gasteiger charge is -2.26. The molecule has 0 saturated heterocycles. The highest BCUT2D eigenvalue weighted by atomic mass is 32.2. The molecule has 1 aliphatic rings. The molecule has 98 valence electrons. The number of sulfonamides is 1. The van der Waals surface area contributed by atoms with E-state index in [0.29, 0.717) is 5.57 Å². The lowest BCUT2D eigenvalue weighted by Crippen LogP contribution is -2.37. The Morgan fingerprint density at radius 3 is 2.47 bits per heavy atom. The number of benzene rings is 1. The van der Waals surface area contributed by atoms with Gasteiger partial charge in [0.15, 0.2) is 6.04 Å². The summed E-state index contributed by atoms with van der Waals surface area (Å²) >= 11 is 0. The highest BCUT2D eigenvalue weighted by molar-refractivity contribution is 7.89. The number of nitrogens with zero attached hydrogens (tertiary/aromatic N) is 3. The molecule has 1 aromatic carbocycles. The second kappa shape index (κ2) is 4.86. The number of nitriles is 1. The van der Waals surface area contributed by atoms with Crippen LogP contribution in [0.1, 0.15) is 12.5 Å². The fourth-order valence-electron chi connectivity index (χ4n) is 1.72. The topological polar surface area (TPSA) is 73.5 Å². The van der Waals surface area contributed by atoms with Gasteiger partial charge >= 0.3 is 0 Å². The largest absolute Gasteiger partial charge is 0.280 e. The van der Waals surface area contributed by atoms with E-state index in [1.165, 1.54) is 18.3 Å². The van der Waals surface area contributed by atoms with Gasteiger partial charge in [0.1, 0.15) is 0 Å². The average molecular weight is 275 g/mol. The van der Waals surface area contributed by atoms with E-state index in [0.717, 1.165) is 9.98 Å². The molecule has 0 bridgehead atoms. The number of allylic oxidation sites excluding steroid dienone is 1. The first-order valence-electron chi connectivity index (χ1n) is 5.68. The lowest BCUT2D eigenvalue weighted by atomic mass is 10.1. The Labute approximate surface area is 112 Å². The molecule has 1 heterocycles. The average Bonchev–Trinajstić information content (AvgIpc) is 2.39. The van der Waals surface area contributed by atoms with Crippen molar-refractivity contribution in [2.75, 3.05) is 0 Å². The first kappa shape index (κ1) is 13.3. The van der Waals surface area contributed by atoms with E-state index in [4.69, 9.17) is 5.26 Å². The zero-order chi connectivity index (χ0) is 14.0. The summed E-state index contributed by atoms with van der Waals surface area (Å²) < 4.78 is 25.7. The molecule has 1 atom stereocenters. The zero-order valence-corrected chi connectivity index (χ0v) is 11.4. The molecule has 2 rings (SSSR count). The van der Waals surface area contributed by atoms with Gasteiger partial charge in [-0.2, -0.15) is 23.2 Å². The molecule has 0 aliphatic carbocycles. The number of aryl methyl sites for hydroxylation is 1. The summed E-state index contributed by atoms with van der Waals surface area (Å²) in [6.07, 6.45) is 3.02. The van der Waals surface area contributed by atoms with Crippen LogP contribution in [0.2, 0.25) is 0 Å². The predicted octanol–water partition coefficient (Wildman–Crippen LogP) is 1.82. The van der Waals surface area contributed by atoms with Gasteiger partial charge in [0.05, 0.1) is 11.0 Å². The second-order valence-electron chi connectivity index (χ2n) is 4.30. The van der Waals surface area contributed by atoms with Crippen LogP contribution in [-0.4, -0.2) is 25.1 Å². The molecular weight excluding hydrogens is 262 g/mol. The molecule has 1 unspecified atom stereocenters. The first-order chi connectivity index (χ1) is 8.96. The van der Waals surface area contributed by atoms with Gasteiger partial charge in [-0.3, -0.25) is 0 Å². The molecule has 0 spiro atoms. The Balaban J connectivity index is 2.46. The molecule has 0 N–H and O–H groups in total. The highest BCUT2D eigenvalue weighted by Crippen LogP contribution is 2.23. The Morgan fingerprint density at radius 2 is 1.89 bits per heavy atom. The van der Waals surface area contributed by atoms with E-state index in [1.54, 1.807) is 25.1 Å². The summed E-state index contributed by atoms with van der Waals surface area (Å²) in [7, 11) is -3.80. The summed E-state index contributed by atoms with van der Waals surface area (Å²) in [5, 5.41) is 12.9. The smallest absolute Gasteiger partial charge is 0.200 e. The van der Waals surface area contributed by atoms with E-state index in [-0.39, 0.29) is 4.90 Å². The van der Waals surface area contributed by atoms with Gasteiger partial charge in [-0.25, -0.2) is 0 Å². The Bertz CT molecular complexity index is 682. The molecule has 5 nitrogen and oxygen atoms in total. The van der Waals surface area contributed by atoms with Crippen molar-refractivity contribution in [3.8, 4) is 6.07 Å². The molecule has 0 saturated carbocycles. The van der Waals surface area contributed by atoms with Crippen molar-refractivity contribution in [3.63, 3.8) is 0 Å². The molecule has 0 radical (unpaired) electrons. The third kappa shape index (κ3) is 2.37. The quantitative estimate of drug-likeness (QED) is 0.826. The van der Waals surface area contributed by atoms with Crippen LogP contribution in [0.5, 0.6) is 0 Å². The summed E-state index contributed by atoms with van der Waals surface area (Å²) in [6, 6.07) is 7.52. The van der Waals surface area contributed by atoms with Crippen LogP contribution in [0.25, 0.3) is 0 Å². The molecule has 0 fully saturated rings. The third-order valence-corrected chi connectivity index (χ3v) is 4.52. The van der Waals surface area contributed by atoms with Gasteiger partial charge in [-0.15, -0.1) is 0 Å². The van der Waals surface area contributed by atoms with Gasteiger partial charge in [0.2, 0.25) is 0 Å². The Kier molecular flexibility index (Phi) is 3.40. The van der Waals surface area contributed by atoms with Crippen LogP contribution in [-0.2, 0) is 10.0 Å². The standard InChI is InChI=1S/C13H13N3O2S/c1-10-3-5-12(6-4-10)19(17,18)16-13(9-14)11(2)7-8-15-16/h3-8,13H,1-2H3.